The molecule has 0 fully saturated rings. The van der Waals surface area contributed by atoms with E-state index in [-0.39, 0.29) is 5.97 Å². The van der Waals surface area contributed by atoms with Crippen molar-refractivity contribution in [2.24, 2.45) is 0 Å². The molecule has 1 aliphatic heterocycles. The fourth-order valence-electron chi connectivity index (χ4n) is 2.42. The van der Waals surface area contributed by atoms with Gasteiger partial charge in [0.15, 0.2) is 0 Å². The number of nitrogens with zero attached hydrogens (tertiary/aromatic N) is 1. The van der Waals surface area contributed by atoms with Gasteiger partial charge in [0.05, 0.1) is 13.2 Å². The van der Waals surface area contributed by atoms with Gasteiger partial charge in [0, 0.05) is 23.2 Å². The average Bonchev–Trinajstić information content (AvgIpc) is 2.81. The van der Waals surface area contributed by atoms with Crippen molar-refractivity contribution < 1.29 is 9.53 Å². The Balaban J connectivity index is 1.90. The number of benzene rings is 1. The molecule has 108 valence electrons. The number of ether oxygens (including phenoxy) is 1. The van der Waals surface area contributed by atoms with Crippen molar-refractivity contribution >= 4 is 17.7 Å². The van der Waals surface area contributed by atoms with Crippen LogP contribution in [-0.4, -0.2) is 42.4 Å². The minimum Gasteiger partial charge on any atom is -0.465 e. The fraction of sp³-hybridized carbons (Fsp3) is 0.438. The molecule has 0 saturated heterocycles. The first kappa shape index (κ1) is 15.1. The van der Waals surface area contributed by atoms with E-state index in [0.717, 1.165) is 13.0 Å². The second kappa shape index (κ2) is 7.50. The number of carbonyl (C=O) groups excluding carboxylic acids is 1. The zero-order chi connectivity index (χ0) is 14.4. The van der Waals surface area contributed by atoms with Gasteiger partial charge in [-0.25, -0.2) is 0 Å². The molecule has 1 heterocycles. The van der Waals surface area contributed by atoms with Crippen LogP contribution in [-0.2, 0) is 16.0 Å². The molecule has 2 rings (SSSR count). The summed E-state index contributed by atoms with van der Waals surface area (Å²) in [6, 6.07) is 8.52. The highest BCUT2D eigenvalue weighted by Gasteiger charge is 2.24. The molecular weight excluding hydrogens is 270 g/mol. The topological polar surface area (TPSA) is 29.5 Å². The summed E-state index contributed by atoms with van der Waals surface area (Å²) >= 11 is 1.90. The summed E-state index contributed by atoms with van der Waals surface area (Å²) in [6.45, 7) is 7.97. The van der Waals surface area contributed by atoms with E-state index in [9.17, 15) is 4.79 Å². The van der Waals surface area contributed by atoms with E-state index in [0.29, 0.717) is 24.9 Å². The van der Waals surface area contributed by atoms with Gasteiger partial charge in [-0.05, 0) is 25.0 Å². The quantitative estimate of drug-likeness (QED) is 0.571. The minimum atomic E-state index is -0.158. The van der Waals surface area contributed by atoms with Crippen LogP contribution in [0.2, 0.25) is 0 Å². The monoisotopic (exact) mass is 291 g/mol. The van der Waals surface area contributed by atoms with Gasteiger partial charge >= 0.3 is 5.97 Å². The highest BCUT2D eigenvalue weighted by molar-refractivity contribution is 8.00. The van der Waals surface area contributed by atoms with E-state index in [4.69, 9.17) is 4.74 Å². The van der Waals surface area contributed by atoms with Crippen LogP contribution in [0.25, 0.3) is 0 Å². The zero-order valence-corrected chi connectivity index (χ0v) is 12.7. The maximum Gasteiger partial charge on any atom is 0.320 e. The summed E-state index contributed by atoms with van der Waals surface area (Å²) in [5, 5.41) is 0.502. The molecule has 0 bridgehead atoms. The molecule has 1 aliphatic rings. The van der Waals surface area contributed by atoms with Gasteiger partial charge in [0.1, 0.15) is 0 Å². The van der Waals surface area contributed by atoms with Crippen molar-refractivity contribution in [2.45, 2.75) is 23.5 Å². The van der Waals surface area contributed by atoms with Gasteiger partial charge in [-0.3, -0.25) is 9.69 Å². The molecular formula is C16H21NO2S. The Kier molecular flexibility index (Phi) is 5.68. The number of rotatable bonds is 7. The van der Waals surface area contributed by atoms with Crippen molar-refractivity contribution in [1.29, 1.82) is 0 Å². The fourth-order valence-corrected chi connectivity index (χ4v) is 3.79. The molecule has 1 unspecified atom stereocenters. The number of fused-ring (bicyclic) bond motifs is 1. The molecule has 1 aromatic carbocycles. The largest absolute Gasteiger partial charge is 0.465 e. The summed E-state index contributed by atoms with van der Waals surface area (Å²) in [4.78, 5) is 15.1. The van der Waals surface area contributed by atoms with E-state index < -0.39 is 0 Å². The van der Waals surface area contributed by atoms with Crippen molar-refractivity contribution in [3.8, 4) is 0 Å². The number of hydrogen-bond donors (Lipinski definition) is 0. The number of esters is 1. The molecule has 3 nitrogen and oxygen atoms in total. The van der Waals surface area contributed by atoms with Crippen LogP contribution in [0.4, 0.5) is 0 Å². The standard InChI is InChI=1S/C16H21NO2S/c1-3-9-17(12-16(18)19-4-2)11-14-10-13-7-5-6-8-15(13)20-14/h3,5-8,14H,1,4,9-12H2,2H3. The molecule has 0 saturated carbocycles. The molecule has 0 radical (unpaired) electrons. The van der Waals surface area contributed by atoms with Crippen molar-refractivity contribution in [2.75, 3.05) is 26.2 Å². The minimum absolute atomic E-state index is 0.158. The summed E-state index contributed by atoms with van der Waals surface area (Å²) in [7, 11) is 0. The van der Waals surface area contributed by atoms with Crippen molar-refractivity contribution in [3.63, 3.8) is 0 Å². The second-order valence-electron chi connectivity index (χ2n) is 4.84. The third-order valence-corrected chi connectivity index (χ3v) is 4.52. The lowest BCUT2D eigenvalue weighted by Crippen LogP contribution is -2.36. The average molecular weight is 291 g/mol. The maximum absolute atomic E-state index is 11.6. The number of carbonyl (C=O) groups is 1. The lowest BCUT2D eigenvalue weighted by atomic mass is 10.1. The second-order valence-corrected chi connectivity index (χ2v) is 6.18. The van der Waals surface area contributed by atoms with Gasteiger partial charge in [0.2, 0.25) is 0 Å². The van der Waals surface area contributed by atoms with E-state index in [1.807, 2.05) is 24.8 Å². The summed E-state index contributed by atoms with van der Waals surface area (Å²) < 4.78 is 5.02. The van der Waals surface area contributed by atoms with Gasteiger partial charge in [-0.15, -0.1) is 18.3 Å². The first-order valence-corrected chi connectivity index (χ1v) is 7.84. The number of hydrogen-bond acceptors (Lipinski definition) is 4. The Morgan fingerprint density at radius 3 is 3.05 bits per heavy atom. The number of thioether (sulfide) groups is 1. The first-order valence-electron chi connectivity index (χ1n) is 6.96. The molecule has 20 heavy (non-hydrogen) atoms. The van der Waals surface area contributed by atoms with E-state index in [1.54, 1.807) is 0 Å². The van der Waals surface area contributed by atoms with Gasteiger partial charge in [-0.1, -0.05) is 24.3 Å². The molecule has 0 aliphatic carbocycles. The normalized spacial score (nSPS) is 17.0. The lowest BCUT2D eigenvalue weighted by Gasteiger charge is -2.22. The van der Waals surface area contributed by atoms with Crippen molar-refractivity contribution in [3.05, 3.63) is 42.5 Å². The van der Waals surface area contributed by atoms with Crippen LogP contribution >= 0.6 is 11.8 Å². The van der Waals surface area contributed by atoms with Crippen LogP contribution in [0.3, 0.4) is 0 Å². The predicted octanol–water partition coefficient (Wildman–Crippen LogP) is 2.75. The maximum atomic E-state index is 11.6. The molecule has 4 heteroatoms. The van der Waals surface area contributed by atoms with Crippen LogP contribution in [0, 0.1) is 0 Å². The zero-order valence-electron chi connectivity index (χ0n) is 11.9. The lowest BCUT2D eigenvalue weighted by molar-refractivity contribution is -0.144. The Morgan fingerprint density at radius 1 is 1.55 bits per heavy atom. The third-order valence-electron chi connectivity index (χ3n) is 3.22. The van der Waals surface area contributed by atoms with Crippen LogP contribution in [0.5, 0.6) is 0 Å². The van der Waals surface area contributed by atoms with E-state index in [1.165, 1.54) is 10.5 Å². The van der Waals surface area contributed by atoms with E-state index in [2.05, 4.69) is 35.7 Å². The SMILES string of the molecule is C=CCN(CC(=O)OCC)CC1Cc2ccccc2S1. The molecule has 1 atom stereocenters. The molecule has 0 N–H and O–H groups in total. The third kappa shape index (κ3) is 4.12. The Bertz CT molecular complexity index is 450. The highest BCUT2D eigenvalue weighted by Crippen LogP contribution is 2.36. The molecule has 1 aromatic rings. The highest BCUT2D eigenvalue weighted by atomic mass is 32.2. The van der Waals surface area contributed by atoms with Crippen LogP contribution < -0.4 is 0 Å². The molecule has 0 spiro atoms. The van der Waals surface area contributed by atoms with Crippen molar-refractivity contribution in [1.82, 2.24) is 4.90 Å². The van der Waals surface area contributed by atoms with Gasteiger partial charge in [-0.2, -0.15) is 0 Å². The van der Waals surface area contributed by atoms with Gasteiger partial charge in [0.25, 0.3) is 0 Å². The Hall–Kier alpha value is -1.26. The first-order chi connectivity index (χ1) is 9.72. The summed E-state index contributed by atoms with van der Waals surface area (Å²) in [6.07, 6.45) is 2.91. The predicted molar refractivity (Wildman–Crippen MR) is 83.1 cm³/mol. The molecule has 0 aromatic heterocycles. The smallest absolute Gasteiger partial charge is 0.320 e. The Morgan fingerprint density at radius 2 is 2.35 bits per heavy atom. The summed E-state index contributed by atoms with van der Waals surface area (Å²) in [5.41, 5.74) is 1.41. The molecule has 0 amide bonds. The van der Waals surface area contributed by atoms with Crippen LogP contribution in [0.15, 0.2) is 41.8 Å². The van der Waals surface area contributed by atoms with Gasteiger partial charge < -0.3 is 4.74 Å². The van der Waals surface area contributed by atoms with Crippen LogP contribution in [0.1, 0.15) is 12.5 Å². The van der Waals surface area contributed by atoms with E-state index >= 15 is 0 Å². The summed E-state index contributed by atoms with van der Waals surface area (Å²) in [5.74, 6) is -0.158. The Labute approximate surface area is 125 Å².